The van der Waals surface area contributed by atoms with Crippen LogP contribution in [0.3, 0.4) is 0 Å². The first-order valence-electron chi connectivity index (χ1n) is 11.7. The molecule has 0 heterocycles. The number of hydrogen-bond donors (Lipinski definition) is 1. The fraction of sp³-hybridized carbons (Fsp3) is 0.440. The van der Waals surface area contributed by atoms with Gasteiger partial charge in [0.25, 0.3) is 0 Å². The number of anilines is 1. The number of carbonyl (C=O) groups excluding carboxylic acids is 2. The smallest absolute Gasteiger partial charge is 0.244 e. The number of amides is 2. The van der Waals surface area contributed by atoms with Gasteiger partial charge in [-0.3, -0.25) is 13.9 Å². The molecule has 1 N–H and O–H groups in total. The number of nitrogens with zero attached hydrogens (tertiary/aromatic N) is 2. The highest BCUT2D eigenvalue weighted by Crippen LogP contribution is 2.34. The van der Waals surface area contributed by atoms with E-state index in [1.165, 1.54) is 25.2 Å². The molecule has 0 aromatic heterocycles. The quantitative estimate of drug-likeness (QED) is 0.386. The van der Waals surface area contributed by atoms with E-state index in [1.807, 2.05) is 6.92 Å². The minimum atomic E-state index is -3.94. The molecule has 37 heavy (non-hydrogen) atoms. The summed E-state index contributed by atoms with van der Waals surface area (Å²) in [6, 6.07) is 8.71. The summed E-state index contributed by atoms with van der Waals surface area (Å²) in [5, 5.41) is 3.48. The third-order valence-electron chi connectivity index (χ3n) is 5.61. The van der Waals surface area contributed by atoms with Gasteiger partial charge < -0.3 is 19.7 Å². The van der Waals surface area contributed by atoms with Gasteiger partial charge >= 0.3 is 0 Å². The van der Waals surface area contributed by atoms with E-state index < -0.39 is 28.5 Å². The maximum Gasteiger partial charge on any atom is 0.244 e. The van der Waals surface area contributed by atoms with Crippen LogP contribution in [0.5, 0.6) is 11.5 Å². The van der Waals surface area contributed by atoms with Crippen LogP contribution in [0.2, 0.25) is 10.0 Å². The van der Waals surface area contributed by atoms with Gasteiger partial charge in [0.15, 0.2) is 0 Å². The van der Waals surface area contributed by atoms with Crippen molar-refractivity contribution >= 4 is 50.7 Å². The fourth-order valence-corrected chi connectivity index (χ4v) is 4.87. The normalized spacial score (nSPS) is 12.0. The molecule has 1 unspecified atom stereocenters. The van der Waals surface area contributed by atoms with Crippen molar-refractivity contribution in [2.45, 2.75) is 39.3 Å². The molecule has 0 saturated carbocycles. The number of halogens is 2. The third kappa shape index (κ3) is 8.15. The summed E-state index contributed by atoms with van der Waals surface area (Å²) >= 11 is 12.2. The summed E-state index contributed by atoms with van der Waals surface area (Å²) in [7, 11) is -1.10. The zero-order chi connectivity index (χ0) is 27.8. The average Bonchev–Trinajstić information content (AvgIpc) is 2.86. The van der Waals surface area contributed by atoms with Crippen molar-refractivity contribution in [2.75, 3.05) is 37.9 Å². The van der Waals surface area contributed by atoms with Crippen LogP contribution in [0.1, 0.15) is 32.3 Å². The van der Waals surface area contributed by atoms with Crippen molar-refractivity contribution in [1.29, 1.82) is 0 Å². The van der Waals surface area contributed by atoms with Crippen LogP contribution in [0, 0.1) is 0 Å². The molecule has 0 radical (unpaired) electrons. The van der Waals surface area contributed by atoms with Gasteiger partial charge in [-0.05, 0) is 42.7 Å². The van der Waals surface area contributed by atoms with E-state index in [4.69, 9.17) is 32.7 Å². The Morgan fingerprint density at radius 3 is 2.27 bits per heavy atom. The molecule has 2 aromatic carbocycles. The fourth-order valence-electron chi connectivity index (χ4n) is 3.71. The molecule has 0 fully saturated rings. The van der Waals surface area contributed by atoms with E-state index in [1.54, 1.807) is 37.3 Å². The maximum absolute atomic E-state index is 13.8. The average molecular weight is 575 g/mol. The van der Waals surface area contributed by atoms with Gasteiger partial charge in [0, 0.05) is 19.2 Å². The summed E-state index contributed by atoms with van der Waals surface area (Å²) in [4.78, 5) is 28.1. The van der Waals surface area contributed by atoms with Crippen LogP contribution < -0.4 is 19.1 Å². The van der Waals surface area contributed by atoms with E-state index in [-0.39, 0.29) is 23.9 Å². The number of ether oxygens (including phenoxy) is 2. The van der Waals surface area contributed by atoms with E-state index in [0.717, 1.165) is 17.0 Å². The number of rotatable bonds is 13. The molecule has 2 rings (SSSR count). The highest BCUT2D eigenvalue weighted by Gasteiger charge is 2.32. The molecule has 0 aliphatic heterocycles. The summed E-state index contributed by atoms with van der Waals surface area (Å²) in [6.45, 7) is 3.60. The second-order valence-electron chi connectivity index (χ2n) is 8.29. The topological polar surface area (TPSA) is 105 Å². The van der Waals surface area contributed by atoms with E-state index >= 15 is 0 Å². The Balaban J connectivity index is 2.53. The molecule has 12 heteroatoms. The molecule has 0 bridgehead atoms. The second kappa shape index (κ2) is 13.7. The highest BCUT2D eigenvalue weighted by molar-refractivity contribution is 7.92. The van der Waals surface area contributed by atoms with Gasteiger partial charge in [-0.15, -0.1) is 0 Å². The highest BCUT2D eigenvalue weighted by atomic mass is 35.5. The van der Waals surface area contributed by atoms with E-state index in [9.17, 15) is 18.0 Å². The van der Waals surface area contributed by atoms with Crippen LogP contribution >= 0.6 is 23.2 Å². The molecule has 0 spiro atoms. The molecular weight excluding hydrogens is 541 g/mol. The number of hydrogen-bond acceptors (Lipinski definition) is 6. The monoisotopic (exact) mass is 573 g/mol. The molecule has 0 aliphatic rings. The molecule has 2 amide bonds. The van der Waals surface area contributed by atoms with Crippen LogP contribution in [-0.2, 0) is 26.2 Å². The Morgan fingerprint density at radius 1 is 1.03 bits per heavy atom. The summed E-state index contributed by atoms with van der Waals surface area (Å²) in [6.07, 6.45) is 2.03. The Bertz CT molecular complexity index is 1210. The van der Waals surface area contributed by atoms with E-state index in [2.05, 4.69) is 5.32 Å². The Hall–Kier alpha value is -2.69. The first-order valence-corrected chi connectivity index (χ1v) is 14.3. The van der Waals surface area contributed by atoms with Crippen LogP contribution in [0.4, 0.5) is 5.69 Å². The molecule has 204 valence electrons. The number of nitrogens with one attached hydrogen (secondary N) is 1. The van der Waals surface area contributed by atoms with Crippen LogP contribution in [0.25, 0.3) is 0 Å². The van der Waals surface area contributed by atoms with Crippen molar-refractivity contribution in [3.63, 3.8) is 0 Å². The van der Waals surface area contributed by atoms with Gasteiger partial charge in [-0.2, -0.15) is 0 Å². The Kier molecular flexibility index (Phi) is 11.3. The Morgan fingerprint density at radius 2 is 1.73 bits per heavy atom. The lowest BCUT2D eigenvalue weighted by atomic mass is 10.1. The lowest BCUT2D eigenvalue weighted by Gasteiger charge is -2.33. The van der Waals surface area contributed by atoms with Crippen molar-refractivity contribution in [1.82, 2.24) is 10.2 Å². The second-order valence-corrected chi connectivity index (χ2v) is 11.0. The Labute approximate surface area is 228 Å². The lowest BCUT2D eigenvalue weighted by molar-refractivity contribution is -0.140. The first-order chi connectivity index (χ1) is 17.5. The lowest BCUT2D eigenvalue weighted by Crippen LogP contribution is -2.52. The largest absolute Gasteiger partial charge is 0.497 e. The summed E-state index contributed by atoms with van der Waals surface area (Å²) in [5.74, 6) is -0.291. The van der Waals surface area contributed by atoms with E-state index in [0.29, 0.717) is 34.3 Å². The van der Waals surface area contributed by atoms with Gasteiger partial charge in [-0.1, -0.05) is 43.1 Å². The SMILES string of the molecule is CCCNC(=O)C(CC)N(Cc1ccc(Cl)c(Cl)c1)C(=O)CN(c1cc(OC)ccc1OC)S(C)(=O)=O. The predicted octanol–water partition coefficient (Wildman–Crippen LogP) is 4.11. The molecule has 9 nitrogen and oxygen atoms in total. The summed E-state index contributed by atoms with van der Waals surface area (Å²) < 4.78 is 37.3. The van der Waals surface area contributed by atoms with Crippen LogP contribution in [-0.4, -0.2) is 64.7 Å². The van der Waals surface area contributed by atoms with Crippen LogP contribution in [0.15, 0.2) is 36.4 Å². The minimum absolute atomic E-state index is 0.0145. The maximum atomic E-state index is 13.8. The van der Waals surface area contributed by atoms with Crippen molar-refractivity contribution in [2.24, 2.45) is 0 Å². The van der Waals surface area contributed by atoms with Gasteiger partial charge in [0.05, 0.1) is 36.2 Å². The van der Waals surface area contributed by atoms with Gasteiger partial charge in [0.1, 0.15) is 24.1 Å². The first kappa shape index (κ1) is 30.5. The minimum Gasteiger partial charge on any atom is -0.497 e. The number of benzene rings is 2. The standard InChI is InChI=1S/C25H33Cl2N3O6S/c1-6-12-28-25(32)21(7-2)29(15-17-8-10-19(26)20(27)13-17)24(31)16-30(37(5,33)34)22-14-18(35-3)9-11-23(22)36-4/h8-11,13-14,21H,6-7,12,15-16H2,1-5H3,(H,28,32). The molecule has 0 aliphatic carbocycles. The number of methoxy groups -OCH3 is 2. The van der Waals surface area contributed by atoms with Crippen molar-refractivity contribution in [3.8, 4) is 11.5 Å². The van der Waals surface area contributed by atoms with Crippen molar-refractivity contribution < 1.29 is 27.5 Å². The molecule has 2 aromatic rings. The summed E-state index contributed by atoms with van der Waals surface area (Å²) in [5.41, 5.74) is 0.769. The molecule has 0 saturated heterocycles. The predicted molar refractivity (Wildman–Crippen MR) is 146 cm³/mol. The van der Waals surface area contributed by atoms with Gasteiger partial charge in [-0.25, -0.2) is 8.42 Å². The van der Waals surface area contributed by atoms with Crippen molar-refractivity contribution in [3.05, 3.63) is 52.0 Å². The number of sulfonamides is 1. The molecule has 1 atom stereocenters. The molecular formula is C25H33Cl2N3O6S. The van der Waals surface area contributed by atoms with Gasteiger partial charge in [0.2, 0.25) is 21.8 Å². The zero-order valence-corrected chi connectivity index (χ0v) is 23.9. The number of carbonyl (C=O) groups is 2. The zero-order valence-electron chi connectivity index (χ0n) is 21.6. The third-order valence-corrected chi connectivity index (χ3v) is 7.47.